The van der Waals surface area contributed by atoms with E-state index in [1.165, 1.54) is 22.3 Å². The van der Waals surface area contributed by atoms with Crippen molar-refractivity contribution in [3.05, 3.63) is 374 Å². The topological polar surface area (TPSA) is 107 Å². The van der Waals surface area contributed by atoms with Gasteiger partial charge in [0.2, 0.25) is 0 Å². The lowest BCUT2D eigenvalue weighted by molar-refractivity contribution is -0.130. The van der Waals surface area contributed by atoms with Gasteiger partial charge in [-0.3, -0.25) is 0 Å². The summed E-state index contributed by atoms with van der Waals surface area (Å²) in [6.07, 6.45) is 6.36. The molecule has 0 atom stereocenters. The lowest BCUT2D eigenvalue weighted by atomic mass is 10.1. The van der Waals surface area contributed by atoms with Gasteiger partial charge in [-0.2, -0.15) is 0 Å². The summed E-state index contributed by atoms with van der Waals surface area (Å²) >= 11 is 0. The number of aryl methyl sites for hydroxylation is 4. The van der Waals surface area contributed by atoms with Crippen LogP contribution in [0.2, 0.25) is 0 Å². The Morgan fingerprint density at radius 3 is 0.768 bits per heavy atom. The standard InChI is InChI=1S/C30H27NO3.C29H25NO3.C29H23NO2/c1-21(2)30(32)34-29-19-17-28(18-20-29)33-27-15-13-26(14-16-27)31(24-9-5-22(3)6-10-24)25-11-7-23(4)8-12-25;1-4-29(31)33-28-19-17-27(18-20-28)32-26-15-13-25(14-16-26)30(23-9-5-21(2)6-10-23)24-11-7-22(3)8-12-24;1-2-29(31)32-28-21-17-24(18-22-28)14-13-23-15-19-27(20-16-23)30(25-9-5-3-6-10-25)26-11-7-4-8-12-26/h5-20H,1H2,2-4H3;4-20H,1H2,2-3H3;2-22H,1H2. The van der Waals surface area contributed by atoms with Crippen LogP contribution < -0.4 is 38.4 Å². The second-order valence-electron chi connectivity index (χ2n) is 23.1. The predicted molar refractivity (Wildman–Crippen MR) is 403 cm³/mol. The number of carbonyl (C=O) groups is 3. The summed E-state index contributed by atoms with van der Waals surface area (Å²) in [5.74, 6) is 2.70. The van der Waals surface area contributed by atoms with E-state index in [0.717, 1.165) is 74.5 Å². The number of hydrogen-bond acceptors (Lipinski definition) is 11. The molecule has 0 N–H and O–H groups in total. The SMILES string of the molecule is C=C(C)C(=O)Oc1ccc(Oc2ccc(N(c3ccc(C)cc3)c3ccc(C)cc3)cc2)cc1.C=CC(=O)Oc1ccc(C=Cc2ccc(N(c3ccccc3)c3ccccc3)cc2)cc1.C=CC(=O)Oc1ccc(Oc2ccc(N(c3ccc(C)cc3)c3ccc(C)cc3)cc2)cc1. The van der Waals surface area contributed by atoms with Crippen LogP contribution in [0, 0.1) is 27.7 Å². The molecule has 0 heterocycles. The summed E-state index contributed by atoms with van der Waals surface area (Å²) in [7, 11) is 0. The zero-order valence-corrected chi connectivity index (χ0v) is 55.9. The van der Waals surface area contributed by atoms with E-state index in [9.17, 15) is 14.4 Å². The van der Waals surface area contributed by atoms with E-state index in [1.807, 2.05) is 103 Å². The molecule has 0 unspecified atom stereocenters. The van der Waals surface area contributed by atoms with E-state index in [-0.39, 0.29) is 0 Å². The third-order valence-electron chi connectivity index (χ3n) is 15.3. The molecular weight excluding hydrogens is 1230 g/mol. The number of rotatable bonds is 21. The molecule has 12 aromatic carbocycles. The molecule has 11 nitrogen and oxygen atoms in total. The first-order chi connectivity index (χ1) is 48.1. The zero-order chi connectivity index (χ0) is 69.5. The predicted octanol–water partition coefficient (Wildman–Crippen LogP) is 23.1. The average Bonchev–Trinajstić information content (AvgIpc) is 0.824. The minimum atomic E-state index is -0.494. The molecule has 99 heavy (non-hydrogen) atoms. The van der Waals surface area contributed by atoms with Crippen LogP contribution >= 0.6 is 0 Å². The van der Waals surface area contributed by atoms with Crippen LogP contribution in [0.5, 0.6) is 40.2 Å². The van der Waals surface area contributed by atoms with E-state index in [4.69, 9.17) is 23.7 Å². The van der Waals surface area contributed by atoms with Gasteiger partial charge in [0, 0.05) is 68.9 Å². The van der Waals surface area contributed by atoms with Crippen molar-refractivity contribution >= 4 is 81.2 Å². The van der Waals surface area contributed by atoms with Crippen LogP contribution in [-0.2, 0) is 14.4 Å². The van der Waals surface area contributed by atoms with Gasteiger partial charge in [-0.1, -0.05) is 163 Å². The normalized spacial score (nSPS) is 10.5. The molecular formula is C88H75N3O8. The fourth-order valence-corrected chi connectivity index (χ4v) is 10.1. The number of esters is 3. The number of benzene rings is 12. The Morgan fingerprint density at radius 2 is 0.495 bits per heavy atom. The Hall–Kier alpha value is -13.0. The van der Waals surface area contributed by atoms with Gasteiger partial charge in [0.05, 0.1) is 0 Å². The highest BCUT2D eigenvalue weighted by atomic mass is 16.5. The Labute approximate surface area is 579 Å². The number of carbonyl (C=O) groups excluding carboxylic acids is 3. The van der Waals surface area contributed by atoms with Crippen LogP contribution in [0.3, 0.4) is 0 Å². The second kappa shape index (κ2) is 33.9. The Morgan fingerprint density at radius 1 is 0.283 bits per heavy atom. The lowest BCUT2D eigenvalue weighted by Gasteiger charge is -2.26. The van der Waals surface area contributed by atoms with Crippen LogP contribution in [0.1, 0.15) is 40.3 Å². The van der Waals surface area contributed by atoms with E-state index in [1.54, 1.807) is 67.6 Å². The van der Waals surface area contributed by atoms with Gasteiger partial charge in [-0.05, 0) is 240 Å². The molecule has 0 radical (unpaired) electrons. The molecule has 0 aliphatic rings. The molecule has 11 heteroatoms. The minimum absolute atomic E-state index is 0.353. The molecule has 12 rings (SSSR count). The van der Waals surface area contributed by atoms with Gasteiger partial charge < -0.3 is 38.4 Å². The Kier molecular flexibility index (Phi) is 23.6. The van der Waals surface area contributed by atoms with Gasteiger partial charge in [0.25, 0.3) is 0 Å². The highest BCUT2D eigenvalue weighted by molar-refractivity contribution is 5.89. The fourth-order valence-electron chi connectivity index (χ4n) is 10.1. The first-order valence-electron chi connectivity index (χ1n) is 32.1. The molecule has 0 fully saturated rings. The molecule has 0 saturated heterocycles. The summed E-state index contributed by atoms with van der Waals surface area (Å²) in [6, 6.07) is 100. The van der Waals surface area contributed by atoms with E-state index in [0.29, 0.717) is 45.8 Å². The largest absolute Gasteiger partial charge is 0.457 e. The van der Waals surface area contributed by atoms with E-state index in [2.05, 4.69) is 214 Å². The number of nitrogens with zero attached hydrogens (tertiary/aromatic N) is 3. The first-order valence-corrected chi connectivity index (χ1v) is 32.1. The van der Waals surface area contributed by atoms with Crippen molar-refractivity contribution in [3.63, 3.8) is 0 Å². The molecule has 0 bridgehead atoms. The molecule has 0 amide bonds. The van der Waals surface area contributed by atoms with Crippen molar-refractivity contribution < 1.29 is 38.1 Å². The number of para-hydroxylation sites is 2. The van der Waals surface area contributed by atoms with Crippen LogP contribution in [0.25, 0.3) is 12.2 Å². The monoisotopic (exact) mass is 1300 g/mol. The first kappa shape index (κ1) is 68.9. The van der Waals surface area contributed by atoms with Crippen molar-refractivity contribution in [2.45, 2.75) is 34.6 Å². The molecule has 0 spiro atoms. The van der Waals surface area contributed by atoms with Gasteiger partial charge in [-0.15, -0.1) is 0 Å². The summed E-state index contributed by atoms with van der Waals surface area (Å²) < 4.78 is 27.4. The smallest absolute Gasteiger partial charge is 0.338 e. The second-order valence-corrected chi connectivity index (χ2v) is 23.1. The number of ether oxygens (including phenoxy) is 5. The van der Waals surface area contributed by atoms with E-state index < -0.39 is 17.9 Å². The highest BCUT2D eigenvalue weighted by Gasteiger charge is 2.17. The molecule has 12 aromatic rings. The van der Waals surface area contributed by atoms with Crippen molar-refractivity contribution in [1.82, 2.24) is 0 Å². The van der Waals surface area contributed by atoms with E-state index >= 15 is 0 Å². The lowest BCUT2D eigenvalue weighted by Crippen LogP contribution is -2.09. The molecule has 0 saturated carbocycles. The van der Waals surface area contributed by atoms with Crippen molar-refractivity contribution in [1.29, 1.82) is 0 Å². The summed E-state index contributed by atoms with van der Waals surface area (Å²) in [4.78, 5) is 40.9. The Balaban J connectivity index is 0.000000161. The molecule has 0 aliphatic carbocycles. The van der Waals surface area contributed by atoms with Crippen LogP contribution in [-0.4, -0.2) is 17.9 Å². The third kappa shape index (κ3) is 19.8. The molecule has 0 aliphatic heterocycles. The van der Waals surface area contributed by atoms with Crippen LogP contribution in [0.4, 0.5) is 51.2 Å². The number of anilines is 9. The van der Waals surface area contributed by atoms with Crippen molar-refractivity contribution in [2.24, 2.45) is 0 Å². The fraction of sp³-hybridized carbons (Fsp3) is 0.0568. The third-order valence-corrected chi connectivity index (χ3v) is 15.3. The minimum Gasteiger partial charge on any atom is -0.457 e. The maximum atomic E-state index is 11.7. The summed E-state index contributed by atoms with van der Waals surface area (Å²) in [5, 5.41) is 0. The highest BCUT2D eigenvalue weighted by Crippen LogP contribution is 2.39. The van der Waals surface area contributed by atoms with Gasteiger partial charge in [-0.25, -0.2) is 14.4 Å². The molecule has 0 aromatic heterocycles. The maximum Gasteiger partial charge on any atom is 0.338 e. The zero-order valence-electron chi connectivity index (χ0n) is 55.9. The average molecular weight is 1300 g/mol. The summed E-state index contributed by atoms with van der Waals surface area (Å²) in [6.45, 7) is 20.3. The molecule has 490 valence electrons. The quantitative estimate of drug-likeness (QED) is 0.0297. The number of hydrogen-bond donors (Lipinski definition) is 0. The Bertz CT molecular complexity index is 4530. The van der Waals surface area contributed by atoms with Crippen molar-refractivity contribution in [2.75, 3.05) is 14.7 Å². The van der Waals surface area contributed by atoms with Crippen molar-refractivity contribution in [3.8, 4) is 40.2 Å². The van der Waals surface area contributed by atoms with Gasteiger partial charge in [0.1, 0.15) is 40.2 Å². The maximum absolute atomic E-state index is 11.7. The summed E-state index contributed by atoms with van der Waals surface area (Å²) in [5.41, 5.74) is 17.1. The van der Waals surface area contributed by atoms with Gasteiger partial charge in [0.15, 0.2) is 0 Å². The van der Waals surface area contributed by atoms with Gasteiger partial charge >= 0.3 is 17.9 Å². The van der Waals surface area contributed by atoms with Crippen LogP contribution in [0.15, 0.2) is 341 Å².